The van der Waals surface area contributed by atoms with E-state index in [1.807, 2.05) is 0 Å². The number of carboxylic acid groups (broad SMARTS) is 1. The van der Waals surface area contributed by atoms with Crippen LogP contribution in [0.3, 0.4) is 0 Å². The number of benzene rings is 4. The summed E-state index contributed by atoms with van der Waals surface area (Å²) in [5.74, 6) is -2.66. The van der Waals surface area contributed by atoms with Crippen LogP contribution in [0.4, 0.5) is 22.7 Å². The number of rotatable bonds is 10. The Balaban J connectivity index is 1.64. The van der Waals surface area contributed by atoms with Gasteiger partial charge in [-0.25, -0.2) is 14.8 Å². The van der Waals surface area contributed by atoms with E-state index in [0.717, 1.165) is 48.5 Å². The summed E-state index contributed by atoms with van der Waals surface area (Å²) in [4.78, 5) is 26.8. The summed E-state index contributed by atoms with van der Waals surface area (Å²) in [6.07, 6.45) is 0. The van der Waals surface area contributed by atoms with Gasteiger partial charge in [-0.05, 0) is 60.1 Å². The number of aromatic amines is 2. The van der Waals surface area contributed by atoms with Crippen LogP contribution in [0.25, 0.3) is 0 Å². The molecule has 4 aromatic carbocycles. The highest BCUT2D eigenvalue weighted by Gasteiger charge is 2.19. The van der Waals surface area contributed by atoms with E-state index >= 15 is 0 Å². The number of aromatic nitrogens is 3. The average Bonchev–Trinajstić information content (AvgIpc) is 3.09. The molecule has 286 valence electrons. The van der Waals surface area contributed by atoms with Crippen LogP contribution in [0.2, 0.25) is 10.3 Å². The minimum atomic E-state index is -5.00. The Morgan fingerprint density at radius 2 is 1.33 bits per heavy atom. The van der Waals surface area contributed by atoms with E-state index in [-0.39, 0.29) is 38.6 Å². The first-order valence-electron chi connectivity index (χ1n) is 14.4. The van der Waals surface area contributed by atoms with Gasteiger partial charge in [0.2, 0.25) is 22.4 Å². The van der Waals surface area contributed by atoms with Crippen molar-refractivity contribution in [2.75, 3.05) is 5.43 Å². The van der Waals surface area contributed by atoms with E-state index in [4.69, 9.17) is 23.2 Å². The highest BCUT2D eigenvalue weighted by atomic mass is 35.5. The zero-order valence-electron chi connectivity index (χ0n) is 26.8. The van der Waals surface area contributed by atoms with Crippen molar-refractivity contribution in [1.29, 1.82) is 0 Å². The molecule has 0 aliphatic rings. The second-order valence-electron chi connectivity index (χ2n) is 10.5. The smallest absolute Gasteiger partial charge is 0.337 e. The quantitative estimate of drug-likeness (QED) is 0.0321. The molecule has 55 heavy (non-hydrogen) atoms. The molecule has 5 rings (SSSR count). The summed E-state index contributed by atoms with van der Waals surface area (Å²) in [6.45, 7) is 0. The van der Waals surface area contributed by atoms with Crippen molar-refractivity contribution < 1.29 is 53.9 Å². The maximum Gasteiger partial charge on any atom is 0.337 e. The van der Waals surface area contributed by atoms with Gasteiger partial charge in [-0.1, -0.05) is 41.9 Å². The van der Waals surface area contributed by atoms with E-state index in [1.54, 1.807) is 18.2 Å². The number of phenols is 1. The molecule has 0 spiro atoms. The lowest BCUT2D eigenvalue weighted by Crippen LogP contribution is -2.26. The number of nitrogens with one attached hydrogen (secondary N) is 3. The molecule has 0 fully saturated rings. The molecule has 0 bridgehead atoms. The Morgan fingerprint density at radius 1 is 0.727 bits per heavy atom. The van der Waals surface area contributed by atoms with Gasteiger partial charge >= 0.3 is 5.97 Å². The van der Waals surface area contributed by atoms with Gasteiger partial charge in [-0.15, -0.1) is 10.2 Å². The molecule has 0 aliphatic carbocycles. The van der Waals surface area contributed by atoms with Crippen LogP contribution < -0.4 is 16.7 Å². The number of amidine groups is 1. The van der Waals surface area contributed by atoms with E-state index in [9.17, 15) is 53.9 Å². The molecule has 0 amide bonds. The minimum absolute atomic E-state index is 0.0684. The standard InChI is InChI=1S/C29H21Cl2N9O12S3/c30-19-9-7-16(54(47,48)49)11-21(19)32-28-34-27(31)35-29(36-28)33-22-12-17(55(50,51)52)13-23(24(22)41)38-40-25(14-4-2-1-3-5-14)39-37-20-10-15(53(44,45)46)6-8-18(20)26(42)43/h1-13,37,41H,(H,42,43)(H,44,45,46)(H,47,48,49)(H,50,51,52)(H2,32,33,34,35,36)/b39-25-,40-38?. The monoisotopic (exact) mass is 853 g/mol. The van der Waals surface area contributed by atoms with E-state index in [1.165, 1.54) is 12.1 Å². The van der Waals surface area contributed by atoms with Gasteiger partial charge in [0.05, 0.1) is 36.6 Å². The summed E-state index contributed by atoms with van der Waals surface area (Å²) in [6, 6.07) is 14.8. The third-order valence-corrected chi connectivity index (χ3v) is 9.79. The number of carbonyl (C=O) groups is 1. The van der Waals surface area contributed by atoms with Crippen LogP contribution in [-0.2, 0) is 30.4 Å². The molecule has 1 heterocycles. The lowest BCUT2D eigenvalue weighted by Gasteiger charge is -2.09. The number of H-pyrrole nitrogens is 2. The Kier molecular flexibility index (Phi) is 11.6. The van der Waals surface area contributed by atoms with Crippen LogP contribution >= 0.6 is 23.2 Å². The fourth-order valence-electron chi connectivity index (χ4n) is 4.26. The predicted octanol–water partition coefficient (Wildman–Crippen LogP) is 4.21. The van der Waals surface area contributed by atoms with Crippen LogP contribution in [0.5, 0.6) is 5.75 Å². The molecule has 0 saturated heterocycles. The number of phenolic OH excluding ortho intramolecular Hbond substituents is 1. The summed E-state index contributed by atoms with van der Waals surface area (Å²) >= 11 is 12.2. The largest absolute Gasteiger partial charge is 0.504 e. The van der Waals surface area contributed by atoms with Gasteiger partial charge in [0.1, 0.15) is 11.4 Å². The highest BCUT2D eigenvalue weighted by molar-refractivity contribution is 7.86. The van der Waals surface area contributed by atoms with E-state index in [0.29, 0.717) is 0 Å². The van der Waals surface area contributed by atoms with Crippen LogP contribution in [-0.4, -0.2) is 75.9 Å². The van der Waals surface area contributed by atoms with Crippen molar-refractivity contribution in [3.05, 3.63) is 112 Å². The molecule has 1 aromatic heterocycles. The third-order valence-electron chi connectivity index (χ3n) is 6.76. The number of azo groups is 1. The zero-order chi connectivity index (χ0) is 40.3. The second-order valence-corrected chi connectivity index (χ2v) is 15.6. The van der Waals surface area contributed by atoms with Gasteiger partial charge in [0.25, 0.3) is 30.4 Å². The van der Waals surface area contributed by atoms with Crippen molar-refractivity contribution in [2.24, 2.45) is 25.3 Å². The first kappa shape index (κ1) is 40.3. The fraction of sp³-hybridized carbons (Fsp3) is 0. The number of aromatic carboxylic acids is 1. The predicted molar refractivity (Wildman–Crippen MR) is 192 cm³/mol. The summed E-state index contributed by atoms with van der Waals surface area (Å²) in [7, 11) is -14.4. The summed E-state index contributed by atoms with van der Waals surface area (Å²) in [5, 5.41) is 32.1. The molecule has 0 radical (unpaired) electrons. The molecule has 26 heteroatoms. The van der Waals surface area contributed by atoms with Crippen molar-refractivity contribution in [3.63, 3.8) is 0 Å². The highest BCUT2D eigenvalue weighted by Crippen LogP contribution is 2.39. The lowest BCUT2D eigenvalue weighted by molar-refractivity contribution is 0.0697. The average molecular weight is 855 g/mol. The molecule has 5 aromatic rings. The number of anilines is 1. The van der Waals surface area contributed by atoms with E-state index in [2.05, 4.69) is 45.7 Å². The molecule has 21 nitrogen and oxygen atoms in total. The molecule has 0 aliphatic heterocycles. The number of hydrogen-bond acceptors (Lipinski definition) is 14. The SMILES string of the molecule is O=C(O)c1ccc(S(=O)(=O)O)cc1N/N=C(\N=Nc1cc(S(=O)(=O)O)cc(N=c2[nH]c(Cl)nc(=Nc3cc(S(=O)(=O)O)ccc3Cl)[nH]2)c1O)c1ccccc1. The van der Waals surface area contributed by atoms with Gasteiger partial charge in [0, 0.05) is 5.56 Å². The number of hydrazone groups is 1. The van der Waals surface area contributed by atoms with Gasteiger partial charge in [0.15, 0.2) is 5.75 Å². The normalized spacial score (nSPS) is 13.4. The summed E-state index contributed by atoms with van der Waals surface area (Å²) in [5.41, 5.74) is -0.375. The zero-order valence-corrected chi connectivity index (χ0v) is 30.7. The topological polar surface area (TPSA) is 339 Å². The molecule has 0 saturated carbocycles. The van der Waals surface area contributed by atoms with Gasteiger partial charge in [-0.3, -0.25) is 24.1 Å². The molecular formula is C29H21Cl2N9O12S3. The second kappa shape index (κ2) is 15.9. The number of aromatic hydroxyl groups is 1. The maximum absolute atomic E-state index is 12.2. The number of nitrogens with zero attached hydrogens (tertiary/aromatic N) is 6. The molecule has 0 atom stereocenters. The Bertz CT molecular complexity index is 2900. The Morgan fingerprint density at radius 3 is 1.96 bits per heavy atom. The van der Waals surface area contributed by atoms with Crippen LogP contribution in [0, 0.1) is 0 Å². The van der Waals surface area contributed by atoms with E-state index < -0.39 is 79.4 Å². The lowest BCUT2D eigenvalue weighted by atomic mass is 10.2. The minimum Gasteiger partial charge on any atom is -0.504 e. The molecular weight excluding hydrogens is 833 g/mol. The fourth-order valence-corrected chi connectivity index (χ4v) is 6.12. The van der Waals surface area contributed by atoms with Crippen molar-refractivity contribution in [2.45, 2.75) is 14.7 Å². The number of hydrogen-bond donors (Lipinski definition) is 8. The van der Waals surface area contributed by atoms with Crippen molar-refractivity contribution >= 4 is 88.1 Å². The number of carboxylic acids is 1. The first-order valence-corrected chi connectivity index (χ1v) is 19.5. The Labute approximate surface area is 318 Å². The number of halogens is 2. The first-order chi connectivity index (χ1) is 25.7. The molecule has 0 unspecified atom stereocenters. The summed E-state index contributed by atoms with van der Waals surface area (Å²) < 4.78 is 99.7. The van der Waals surface area contributed by atoms with Crippen molar-refractivity contribution in [1.82, 2.24) is 15.0 Å². The van der Waals surface area contributed by atoms with Gasteiger partial charge < -0.3 is 15.2 Å². The third kappa shape index (κ3) is 10.2. The van der Waals surface area contributed by atoms with Crippen LogP contribution in [0.1, 0.15) is 15.9 Å². The van der Waals surface area contributed by atoms with Crippen LogP contribution in [0.15, 0.2) is 119 Å². The maximum atomic E-state index is 12.2. The molecule has 8 N–H and O–H groups in total. The Hall–Kier alpha value is -5.86. The van der Waals surface area contributed by atoms with Gasteiger partial charge in [-0.2, -0.15) is 35.3 Å². The van der Waals surface area contributed by atoms with Crippen molar-refractivity contribution in [3.8, 4) is 5.75 Å².